The third-order valence-electron chi connectivity index (χ3n) is 5.18. The van der Waals surface area contributed by atoms with Crippen LogP contribution in [0.1, 0.15) is 44.6 Å². The van der Waals surface area contributed by atoms with Gasteiger partial charge in [-0.2, -0.15) is 5.10 Å². The molecule has 168 valence electrons. The van der Waals surface area contributed by atoms with Crippen molar-refractivity contribution in [2.24, 2.45) is 5.10 Å². The van der Waals surface area contributed by atoms with Crippen molar-refractivity contribution in [1.82, 2.24) is 5.32 Å². The summed E-state index contributed by atoms with van der Waals surface area (Å²) in [6, 6.07) is 11.7. The van der Waals surface area contributed by atoms with Crippen LogP contribution in [0, 0.1) is 5.82 Å². The number of hydrogen-bond donors (Lipinski definition) is 1. The van der Waals surface area contributed by atoms with Gasteiger partial charge >= 0.3 is 0 Å². The maximum absolute atomic E-state index is 13.0. The third kappa shape index (κ3) is 6.68. The Labute approximate surface area is 198 Å². The molecule has 0 spiro atoms. The highest BCUT2D eigenvalue weighted by molar-refractivity contribution is 6.40. The van der Waals surface area contributed by atoms with E-state index in [1.165, 1.54) is 17.7 Å². The molecular weight excluding hydrogens is 448 g/mol. The molecule has 4 nitrogen and oxygen atoms in total. The number of nitrogens with one attached hydrogen (secondary N) is 1. The molecule has 0 atom stereocenters. The molecule has 0 saturated heterocycles. The van der Waals surface area contributed by atoms with Crippen molar-refractivity contribution in [2.45, 2.75) is 39.0 Å². The van der Waals surface area contributed by atoms with Crippen molar-refractivity contribution in [1.29, 1.82) is 0 Å². The van der Waals surface area contributed by atoms with Gasteiger partial charge in [0, 0.05) is 24.7 Å². The number of allylic oxidation sites excluding steroid dienone is 2. The predicted octanol–water partition coefficient (Wildman–Crippen LogP) is 6.99. The summed E-state index contributed by atoms with van der Waals surface area (Å²) in [4.78, 5) is 12.3. The first-order chi connectivity index (χ1) is 15.4. The summed E-state index contributed by atoms with van der Waals surface area (Å²) < 4.78 is 13.0. The average molecular weight is 474 g/mol. The van der Waals surface area contributed by atoms with E-state index in [-0.39, 0.29) is 11.7 Å². The van der Waals surface area contributed by atoms with E-state index < -0.39 is 0 Å². The van der Waals surface area contributed by atoms with E-state index >= 15 is 0 Å². The normalized spacial score (nSPS) is 14.2. The maximum atomic E-state index is 13.0. The molecule has 0 radical (unpaired) electrons. The molecule has 0 unspecified atom stereocenters. The molecule has 3 rings (SSSR count). The molecule has 2 aromatic carbocycles. The van der Waals surface area contributed by atoms with Gasteiger partial charge in [0.25, 0.3) is 5.91 Å². The van der Waals surface area contributed by atoms with Gasteiger partial charge in [0.15, 0.2) is 0 Å². The van der Waals surface area contributed by atoms with Crippen LogP contribution >= 0.6 is 23.2 Å². The zero-order valence-corrected chi connectivity index (χ0v) is 19.7. The van der Waals surface area contributed by atoms with Gasteiger partial charge in [0.1, 0.15) is 11.5 Å². The number of halogens is 3. The highest BCUT2D eigenvalue weighted by Gasteiger charge is 2.21. The summed E-state index contributed by atoms with van der Waals surface area (Å²) in [6.07, 6.45) is 8.32. The Kier molecular flexibility index (Phi) is 8.48. The first kappa shape index (κ1) is 24.0. The highest BCUT2D eigenvalue weighted by Crippen LogP contribution is 2.32. The lowest BCUT2D eigenvalue weighted by Crippen LogP contribution is -2.32. The SMILES string of the molecule is CNC(=O)C1=NN(c2ccc(Cl)cc2Cl)C=C(CCCC/C(C)=C\c2ccc(F)cc2)C1. The minimum Gasteiger partial charge on any atom is -0.354 e. The number of hydrazone groups is 1. The average Bonchev–Trinajstić information content (AvgIpc) is 2.77. The summed E-state index contributed by atoms with van der Waals surface area (Å²) in [5, 5.41) is 9.79. The summed E-state index contributed by atoms with van der Waals surface area (Å²) in [6.45, 7) is 2.09. The van der Waals surface area contributed by atoms with Gasteiger partial charge in [-0.15, -0.1) is 0 Å². The van der Waals surface area contributed by atoms with E-state index in [0.29, 0.717) is 27.9 Å². The van der Waals surface area contributed by atoms with Crippen LogP contribution in [-0.4, -0.2) is 18.7 Å². The smallest absolute Gasteiger partial charge is 0.267 e. The zero-order valence-electron chi connectivity index (χ0n) is 18.2. The number of unbranched alkanes of at least 4 members (excludes halogenated alkanes) is 1. The van der Waals surface area contributed by atoms with Crippen LogP contribution in [0.15, 0.2) is 64.9 Å². The van der Waals surface area contributed by atoms with Crippen molar-refractivity contribution >= 4 is 46.6 Å². The summed E-state index contributed by atoms with van der Waals surface area (Å²) in [5.41, 5.74) is 4.48. The van der Waals surface area contributed by atoms with Crippen LogP contribution in [0.2, 0.25) is 10.0 Å². The highest BCUT2D eigenvalue weighted by atomic mass is 35.5. The molecule has 1 amide bonds. The molecule has 1 aliphatic rings. The largest absolute Gasteiger partial charge is 0.354 e. The molecule has 0 fully saturated rings. The molecule has 0 aromatic heterocycles. The molecule has 1 N–H and O–H groups in total. The van der Waals surface area contributed by atoms with Gasteiger partial charge < -0.3 is 5.32 Å². The van der Waals surface area contributed by atoms with Crippen LogP contribution in [0.5, 0.6) is 0 Å². The van der Waals surface area contributed by atoms with Crippen LogP contribution < -0.4 is 10.3 Å². The van der Waals surface area contributed by atoms with Gasteiger partial charge in [-0.25, -0.2) is 9.40 Å². The van der Waals surface area contributed by atoms with Crippen LogP contribution in [0.4, 0.5) is 10.1 Å². The van der Waals surface area contributed by atoms with E-state index in [2.05, 4.69) is 23.4 Å². The fourth-order valence-corrected chi connectivity index (χ4v) is 4.01. The van der Waals surface area contributed by atoms with Crippen LogP contribution in [0.25, 0.3) is 6.08 Å². The van der Waals surface area contributed by atoms with Gasteiger partial charge in [0.05, 0.1) is 10.7 Å². The van der Waals surface area contributed by atoms with E-state index in [0.717, 1.165) is 36.8 Å². The number of rotatable bonds is 8. The number of carbonyl (C=O) groups excluding carboxylic acids is 1. The van der Waals surface area contributed by atoms with E-state index in [4.69, 9.17) is 23.2 Å². The Bertz CT molecular complexity index is 1060. The number of benzene rings is 2. The number of amides is 1. The molecule has 0 aliphatic carbocycles. The van der Waals surface area contributed by atoms with E-state index in [1.807, 2.05) is 6.20 Å². The molecular formula is C25H26Cl2FN3O. The standard InChI is InChI=1S/C25H26Cl2FN3O/c1-17(13-18-7-10-21(28)11-8-18)5-3-4-6-19-14-23(25(32)29-2)30-31(16-19)24-12-9-20(26)15-22(24)27/h7-13,15-16H,3-6,14H2,1-2H3,(H,29,32)/b17-13-. The number of hydrogen-bond acceptors (Lipinski definition) is 3. The minimum atomic E-state index is -0.228. The van der Waals surface area contributed by atoms with Crippen LogP contribution in [-0.2, 0) is 4.79 Å². The fraction of sp³-hybridized carbons (Fsp3) is 0.280. The summed E-state index contributed by atoms with van der Waals surface area (Å²) in [5.74, 6) is -0.432. The fourth-order valence-electron chi connectivity index (χ4n) is 3.51. The van der Waals surface area contributed by atoms with Crippen molar-refractivity contribution in [3.63, 3.8) is 0 Å². The van der Waals surface area contributed by atoms with Crippen molar-refractivity contribution in [3.8, 4) is 0 Å². The second kappa shape index (κ2) is 11.3. The molecule has 2 aromatic rings. The van der Waals surface area contributed by atoms with Gasteiger partial charge in [-0.1, -0.05) is 47.0 Å². The Morgan fingerprint density at radius 1 is 1.19 bits per heavy atom. The maximum Gasteiger partial charge on any atom is 0.267 e. The molecule has 1 heterocycles. The first-order valence-electron chi connectivity index (χ1n) is 10.5. The topological polar surface area (TPSA) is 44.7 Å². The quantitative estimate of drug-likeness (QED) is 0.419. The third-order valence-corrected chi connectivity index (χ3v) is 5.71. The molecule has 0 bridgehead atoms. The van der Waals surface area contributed by atoms with Gasteiger partial charge in [0.2, 0.25) is 0 Å². The van der Waals surface area contributed by atoms with Gasteiger partial charge in [-0.05, 0) is 74.1 Å². The monoisotopic (exact) mass is 473 g/mol. The second-order valence-corrected chi connectivity index (χ2v) is 8.62. The zero-order chi connectivity index (χ0) is 23.1. The lowest BCUT2D eigenvalue weighted by Gasteiger charge is -2.24. The first-order valence-corrected chi connectivity index (χ1v) is 11.3. The van der Waals surface area contributed by atoms with Crippen molar-refractivity contribution in [2.75, 3.05) is 12.1 Å². The molecule has 1 aliphatic heterocycles. The van der Waals surface area contributed by atoms with Crippen molar-refractivity contribution < 1.29 is 9.18 Å². The Hall–Kier alpha value is -2.63. The lowest BCUT2D eigenvalue weighted by atomic mass is 9.99. The Morgan fingerprint density at radius 2 is 1.94 bits per heavy atom. The molecule has 7 heteroatoms. The minimum absolute atomic E-state index is 0.205. The summed E-state index contributed by atoms with van der Waals surface area (Å²) in [7, 11) is 1.60. The number of anilines is 1. The number of carbonyl (C=O) groups is 1. The van der Waals surface area contributed by atoms with Crippen molar-refractivity contribution in [3.05, 3.63) is 81.2 Å². The Morgan fingerprint density at radius 3 is 2.62 bits per heavy atom. The van der Waals surface area contributed by atoms with E-state index in [1.54, 1.807) is 42.4 Å². The molecule has 32 heavy (non-hydrogen) atoms. The second-order valence-electron chi connectivity index (χ2n) is 7.78. The summed E-state index contributed by atoms with van der Waals surface area (Å²) >= 11 is 12.4. The van der Waals surface area contributed by atoms with E-state index in [9.17, 15) is 9.18 Å². The van der Waals surface area contributed by atoms with Crippen LogP contribution in [0.3, 0.4) is 0 Å². The van der Waals surface area contributed by atoms with Gasteiger partial charge in [-0.3, -0.25) is 4.79 Å². The predicted molar refractivity (Wildman–Crippen MR) is 132 cm³/mol. The lowest BCUT2D eigenvalue weighted by molar-refractivity contribution is -0.114. The number of nitrogens with zero attached hydrogens (tertiary/aromatic N) is 2. The Balaban J connectivity index is 1.63. The molecule has 0 saturated carbocycles.